The largest absolute Gasteiger partial charge is 0.460 e. The first-order valence-corrected chi connectivity index (χ1v) is 8.64. The molecule has 1 aliphatic heterocycles. The Kier molecular flexibility index (Phi) is 4.87. The van der Waals surface area contributed by atoms with Crippen molar-refractivity contribution in [3.63, 3.8) is 0 Å². The molecule has 1 fully saturated rings. The van der Waals surface area contributed by atoms with Crippen LogP contribution in [0.1, 0.15) is 18.6 Å². The van der Waals surface area contributed by atoms with E-state index >= 15 is 0 Å². The van der Waals surface area contributed by atoms with Gasteiger partial charge in [-0.15, -0.1) is 0 Å². The van der Waals surface area contributed by atoms with Crippen LogP contribution in [0.2, 0.25) is 0 Å². The number of hydrogen-bond acceptors (Lipinski definition) is 3. The van der Waals surface area contributed by atoms with Crippen molar-refractivity contribution in [3.8, 4) is 11.3 Å². The summed E-state index contributed by atoms with van der Waals surface area (Å²) in [6.07, 6.45) is 1.99. The molecule has 1 aromatic heterocycles. The Morgan fingerprint density at radius 2 is 2.00 bits per heavy atom. The molecule has 0 spiro atoms. The second kappa shape index (κ2) is 6.89. The minimum absolute atomic E-state index is 0.0220. The monoisotopic (exact) mass is 376 g/mol. The van der Waals surface area contributed by atoms with Crippen LogP contribution in [-0.2, 0) is 11.3 Å². The van der Waals surface area contributed by atoms with Crippen molar-refractivity contribution >= 4 is 21.8 Å². The lowest BCUT2D eigenvalue weighted by atomic mass is 10.2. The molecule has 1 saturated heterocycles. The molecule has 5 heteroatoms. The van der Waals surface area contributed by atoms with Crippen molar-refractivity contribution in [1.29, 1.82) is 0 Å². The molecule has 0 aliphatic carbocycles. The standard InChI is InChI=1S/C18H21BrN2O2/c1-20(2)18(22)16-4-3-11-21(16)12-15-9-10-17(23-15)13-5-7-14(19)8-6-13/h5-10,16H,3-4,11-12H2,1-2H3. The van der Waals surface area contributed by atoms with Crippen LogP contribution >= 0.6 is 15.9 Å². The highest BCUT2D eigenvalue weighted by Gasteiger charge is 2.32. The second-order valence-electron chi connectivity index (χ2n) is 6.13. The van der Waals surface area contributed by atoms with Crippen LogP contribution in [0.5, 0.6) is 0 Å². The fraction of sp³-hybridized carbons (Fsp3) is 0.389. The number of likely N-dealkylation sites (tertiary alicyclic amines) is 1. The number of hydrogen-bond donors (Lipinski definition) is 0. The average Bonchev–Trinajstić information content (AvgIpc) is 3.17. The van der Waals surface area contributed by atoms with E-state index in [-0.39, 0.29) is 11.9 Å². The van der Waals surface area contributed by atoms with Crippen LogP contribution in [-0.4, -0.2) is 42.4 Å². The van der Waals surface area contributed by atoms with Crippen LogP contribution in [0.25, 0.3) is 11.3 Å². The molecule has 2 heterocycles. The van der Waals surface area contributed by atoms with Gasteiger partial charge >= 0.3 is 0 Å². The molecule has 0 radical (unpaired) electrons. The van der Waals surface area contributed by atoms with E-state index in [4.69, 9.17) is 4.42 Å². The quantitative estimate of drug-likeness (QED) is 0.814. The maximum Gasteiger partial charge on any atom is 0.239 e. The molecule has 23 heavy (non-hydrogen) atoms. The van der Waals surface area contributed by atoms with Crippen molar-refractivity contribution in [3.05, 3.63) is 46.6 Å². The summed E-state index contributed by atoms with van der Waals surface area (Å²) in [7, 11) is 3.63. The SMILES string of the molecule is CN(C)C(=O)C1CCCN1Cc1ccc(-c2ccc(Br)cc2)o1. The minimum atomic E-state index is -0.0220. The summed E-state index contributed by atoms with van der Waals surface area (Å²) >= 11 is 3.44. The molecule has 0 N–H and O–H groups in total. The number of halogens is 1. The Morgan fingerprint density at radius 3 is 2.70 bits per heavy atom. The van der Waals surface area contributed by atoms with Gasteiger partial charge in [0.1, 0.15) is 11.5 Å². The van der Waals surface area contributed by atoms with Crippen LogP contribution in [0, 0.1) is 0 Å². The van der Waals surface area contributed by atoms with Crippen molar-refractivity contribution < 1.29 is 9.21 Å². The van der Waals surface area contributed by atoms with Gasteiger partial charge in [-0.25, -0.2) is 0 Å². The third kappa shape index (κ3) is 3.67. The van der Waals surface area contributed by atoms with Crippen LogP contribution in [0.15, 0.2) is 45.3 Å². The van der Waals surface area contributed by atoms with Gasteiger partial charge in [-0.2, -0.15) is 0 Å². The van der Waals surface area contributed by atoms with Gasteiger partial charge in [-0.1, -0.05) is 28.1 Å². The van der Waals surface area contributed by atoms with E-state index in [1.807, 2.05) is 50.5 Å². The molecule has 1 atom stereocenters. The number of carbonyl (C=O) groups is 1. The number of nitrogens with zero attached hydrogens (tertiary/aromatic N) is 2. The number of carbonyl (C=O) groups excluding carboxylic acids is 1. The summed E-state index contributed by atoms with van der Waals surface area (Å²) in [5.41, 5.74) is 1.06. The van der Waals surface area contributed by atoms with E-state index in [1.165, 1.54) is 0 Å². The lowest BCUT2D eigenvalue weighted by Crippen LogP contribution is -2.42. The highest BCUT2D eigenvalue weighted by Crippen LogP contribution is 2.27. The van der Waals surface area contributed by atoms with Gasteiger partial charge in [0.15, 0.2) is 0 Å². The van der Waals surface area contributed by atoms with E-state index in [2.05, 4.69) is 20.8 Å². The van der Waals surface area contributed by atoms with E-state index in [9.17, 15) is 4.79 Å². The first-order chi connectivity index (χ1) is 11.0. The molecule has 3 rings (SSSR count). The highest BCUT2D eigenvalue weighted by atomic mass is 79.9. The van der Waals surface area contributed by atoms with Crippen molar-refractivity contribution in [2.45, 2.75) is 25.4 Å². The number of amides is 1. The van der Waals surface area contributed by atoms with E-state index in [1.54, 1.807) is 4.90 Å². The average molecular weight is 377 g/mol. The maximum absolute atomic E-state index is 12.3. The predicted octanol–water partition coefficient (Wildman–Crippen LogP) is 3.76. The van der Waals surface area contributed by atoms with Crippen LogP contribution in [0.4, 0.5) is 0 Å². The van der Waals surface area contributed by atoms with Gasteiger partial charge in [0.2, 0.25) is 5.91 Å². The van der Waals surface area contributed by atoms with Crippen LogP contribution < -0.4 is 0 Å². The summed E-state index contributed by atoms with van der Waals surface area (Å²) in [4.78, 5) is 16.1. The first-order valence-electron chi connectivity index (χ1n) is 7.84. The molecular formula is C18H21BrN2O2. The molecule has 0 saturated carbocycles. The van der Waals surface area contributed by atoms with Crippen LogP contribution in [0.3, 0.4) is 0 Å². The van der Waals surface area contributed by atoms with Crippen molar-refractivity contribution in [1.82, 2.24) is 9.80 Å². The Balaban J connectivity index is 1.71. The van der Waals surface area contributed by atoms with Gasteiger partial charge in [-0.05, 0) is 43.7 Å². The zero-order valence-electron chi connectivity index (χ0n) is 13.5. The molecular weight excluding hydrogens is 356 g/mol. The summed E-state index contributed by atoms with van der Waals surface area (Å²) in [6.45, 7) is 1.62. The number of furan rings is 1. The fourth-order valence-electron chi connectivity index (χ4n) is 3.03. The summed E-state index contributed by atoms with van der Waals surface area (Å²) in [6, 6.07) is 12.0. The Hall–Kier alpha value is -1.59. The Labute approximate surface area is 145 Å². The zero-order valence-corrected chi connectivity index (χ0v) is 15.0. The molecule has 1 aromatic carbocycles. The van der Waals surface area contributed by atoms with E-state index < -0.39 is 0 Å². The molecule has 122 valence electrons. The van der Waals surface area contributed by atoms with E-state index in [0.717, 1.165) is 40.9 Å². The Bertz CT molecular complexity index is 679. The predicted molar refractivity (Wildman–Crippen MR) is 94.0 cm³/mol. The molecule has 4 nitrogen and oxygen atoms in total. The highest BCUT2D eigenvalue weighted by molar-refractivity contribution is 9.10. The van der Waals surface area contributed by atoms with E-state index in [0.29, 0.717) is 6.54 Å². The van der Waals surface area contributed by atoms with Gasteiger partial charge < -0.3 is 9.32 Å². The topological polar surface area (TPSA) is 36.7 Å². The van der Waals surface area contributed by atoms with Crippen molar-refractivity contribution in [2.75, 3.05) is 20.6 Å². The maximum atomic E-state index is 12.3. The van der Waals surface area contributed by atoms with Gasteiger partial charge in [0, 0.05) is 24.1 Å². The fourth-order valence-corrected chi connectivity index (χ4v) is 3.29. The summed E-state index contributed by atoms with van der Waals surface area (Å²) in [5, 5.41) is 0. The summed E-state index contributed by atoms with van der Waals surface area (Å²) in [5.74, 6) is 1.95. The number of rotatable bonds is 4. The minimum Gasteiger partial charge on any atom is -0.460 e. The molecule has 0 bridgehead atoms. The van der Waals surface area contributed by atoms with Gasteiger partial charge in [0.05, 0.1) is 12.6 Å². The molecule has 2 aromatic rings. The third-order valence-corrected chi connectivity index (χ3v) is 4.77. The van der Waals surface area contributed by atoms with Gasteiger partial charge in [-0.3, -0.25) is 9.69 Å². The van der Waals surface area contributed by atoms with Gasteiger partial charge in [0.25, 0.3) is 0 Å². The molecule has 1 aliphatic rings. The Morgan fingerprint density at radius 1 is 1.26 bits per heavy atom. The lowest BCUT2D eigenvalue weighted by Gasteiger charge is -2.25. The van der Waals surface area contributed by atoms with Crippen molar-refractivity contribution in [2.24, 2.45) is 0 Å². The first kappa shape index (κ1) is 16.3. The zero-order chi connectivity index (χ0) is 16.4. The third-order valence-electron chi connectivity index (χ3n) is 4.24. The number of benzene rings is 1. The summed E-state index contributed by atoms with van der Waals surface area (Å²) < 4.78 is 7.03. The number of likely N-dealkylation sites (N-methyl/N-ethyl adjacent to an activating group) is 1. The lowest BCUT2D eigenvalue weighted by molar-refractivity contribution is -0.133. The molecule has 1 unspecified atom stereocenters. The smallest absolute Gasteiger partial charge is 0.239 e. The normalized spacial score (nSPS) is 18.3. The molecule has 1 amide bonds. The second-order valence-corrected chi connectivity index (χ2v) is 7.05.